The molecule has 0 aromatic heterocycles. The van der Waals surface area contributed by atoms with Crippen LogP contribution in [0.1, 0.15) is 6.42 Å². The average Bonchev–Trinajstić information content (AvgIpc) is 2.16. The van der Waals surface area contributed by atoms with E-state index in [9.17, 15) is 4.79 Å². The van der Waals surface area contributed by atoms with Gasteiger partial charge in [0.05, 0.1) is 0 Å². The SMILES string of the molecule is CN(C(=O)Nc1cc[c]cc1)N1CCC1. The van der Waals surface area contributed by atoms with Gasteiger partial charge in [0.2, 0.25) is 0 Å². The summed E-state index contributed by atoms with van der Waals surface area (Å²) in [6.07, 6.45) is 1.16. The van der Waals surface area contributed by atoms with Gasteiger partial charge in [-0.3, -0.25) is 5.01 Å². The van der Waals surface area contributed by atoms with Crippen LogP contribution in [0.5, 0.6) is 0 Å². The summed E-state index contributed by atoms with van der Waals surface area (Å²) in [7, 11) is 1.78. The third-order valence-corrected chi connectivity index (χ3v) is 2.52. The molecule has 1 aromatic rings. The highest BCUT2D eigenvalue weighted by Gasteiger charge is 2.22. The van der Waals surface area contributed by atoms with Gasteiger partial charge in [-0.15, -0.1) is 0 Å². The highest BCUT2D eigenvalue weighted by molar-refractivity contribution is 5.88. The van der Waals surface area contributed by atoms with Crippen molar-refractivity contribution in [3.05, 3.63) is 30.3 Å². The lowest BCUT2D eigenvalue weighted by Crippen LogP contribution is -2.52. The number of amides is 2. The minimum absolute atomic E-state index is 0.0964. The van der Waals surface area contributed by atoms with E-state index in [1.165, 1.54) is 0 Å². The molecule has 0 bridgehead atoms. The van der Waals surface area contributed by atoms with Crippen molar-refractivity contribution < 1.29 is 4.79 Å². The Morgan fingerprint density at radius 1 is 1.47 bits per heavy atom. The van der Waals surface area contributed by atoms with E-state index in [0.717, 1.165) is 25.2 Å². The van der Waals surface area contributed by atoms with Crippen LogP contribution in [0.2, 0.25) is 0 Å². The number of hydrazine groups is 1. The molecular formula is C11H14N3O. The van der Waals surface area contributed by atoms with Crippen LogP contribution >= 0.6 is 0 Å². The average molecular weight is 204 g/mol. The van der Waals surface area contributed by atoms with E-state index < -0.39 is 0 Å². The summed E-state index contributed by atoms with van der Waals surface area (Å²) in [5.74, 6) is 0. The van der Waals surface area contributed by atoms with E-state index in [-0.39, 0.29) is 6.03 Å². The molecule has 1 N–H and O–H groups in total. The second-order valence-corrected chi connectivity index (χ2v) is 3.55. The van der Waals surface area contributed by atoms with Crippen LogP contribution in [0, 0.1) is 6.07 Å². The lowest BCUT2D eigenvalue weighted by atomic mass is 10.3. The summed E-state index contributed by atoms with van der Waals surface area (Å²) in [5, 5.41) is 6.45. The first-order chi connectivity index (χ1) is 7.27. The van der Waals surface area contributed by atoms with Crippen molar-refractivity contribution in [2.24, 2.45) is 0 Å². The minimum Gasteiger partial charge on any atom is -0.307 e. The maximum Gasteiger partial charge on any atom is 0.336 e. The lowest BCUT2D eigenvalue weighted by Gasteiger charge is -2.38. The van der Waals surface area contributed by atoms with Gasteiger partial charge in [0.15, 0.2) is 0 Å². The number of rotatable bonds is 2. The molecule has 1 aliphatic rings. The Balaban J connectivity index is 1.91. The molecule has 1 aromatic carbocycles. The van der Waals surface area contributed by atoms with Gasteiger partial charge in [-0.05, 0) is 24.6 Å². The number of hydrogen-bond acceptors (Lipinski definition) is 2. The second-order valence-electron chi connectivity index (χ2n) is 3.55. The summed E-state index contributed by atoms with van der Waals surface area (Å²) in [5.41, 5.74) is 0.797. The summed E-state index contributed by atoms with van der Waals surface area (Å²) in [4.78, 5) is 11.7. The zero-order valence-electron chi connectivity index (χ0n) is 8.73. The van der Waals surface area contributed by atoms with Crippen LogP contribution < -0.4 is 5.32 Å². The van der Waals surface area contributed by atoms with Gasteiger partial charge in [-0.2, -0.15) is 0 Å². The molecule has 1 radical (unpaired) electrons. The minimum atomic E-state index is -0.0964. The van der Waals surface area contributed by atoms with Crippen molar-refractivity contribution in [1.82, 2.24) is 10.0 Å². The first-order valence-electron chi connectivity index (χ1n) is 5.03. The van der Waals surface area contributed by atoms with Crippen LogP contribution in [0.15, 0.2) is 24.3 Å². The van der Waals surface area contributed by atoms with Gasteiger partial charge in [0, 0.05) is 25.8 Å². The summed E-state index contributed by atoms with van der Waals surface area (Å²) >= 11 is 0. The molecule has 1 heterocycles. The van der Waals surface area contributed by atoms with E-state index in [0.29, 0.717) is 0 Å². The number of hydrogen-bond donors (Lipinski definition) is 1. The predicted molar refractivity (Wildman–Crippen MR) is 58.2 cm³/mol. The Morgan fingerprint density at radius 2 is 2.13 bits per heavy atom. The van der Waals surface area contributed by atoms with Crippen molar-refractivity contribution in [1.29, 1.82) is 0 Å². The summed E-state index contributed by atoms with van der Waals surface area (Å²) in [6.45, 7) is 1.93. The molecule has 0 atom stereocenters. The van der Waals surface area contributed by atoms with Gasteiger partial charge >= 0.3 is 6.03 Å². The van der Waals surface area contributed by atoms with Crippen LogP contribution in [-0.2, 0) is 0 Å². The van der Waals surface area contributed by atoms with Crippen LogP contribution in [0.3, 0.4) is 0 Å². The van der Waals surface area contributed by atoms with Crippen molar-refractivity contribution in [2.75, 3.05) is 25.5 Å². The molecule has 2 amide bonds. The Labute approximate surface area is 89.5 Å². The smallest absolute Gasteiger partial charge is 0.307 e. The molecular weight excluding hydrogens is 190 g/mol. The third-order valence-electron chi connectivity index (χ3n) is 2.52. The number of nitrogens with zero attached hydrogens (tertiary/aromatic N) is 2. The molecule has 1 aliphatic heterocycles. The fourth-order valence-corrected chi connectivity index (χ4v) is 1.40. The second kappa shape index (κ2) is 4.31. The van der Waals surface area contributed by atoms with E-state index in [1.807, 2.05) is 17.1 Å². The van der Waals surface area contributed by atoms with Crippen molar-refractivity contribution in [3.8, 4) is 0 Å². The number of anilines is 1. The highest BCUT2D eigenvalue weighted by atomic mass is 16.2. The lowest BCUT2D eigenvalue weighted by molar-refractivity contribution is -0.0111. The van der Waals surface area contributed by atoms with Gasteiger partial charge in [-0.1, -0.05) is 12.1 Å². The summed E-state index contributed by atoms with van der Waals surface area (Å²) in [6, 6.07) is 10.0. The first-order valence-corrected chi connectivity index (χ1v) is 5.03. The standard InChI is InChI=1S/C11H14N3O/c1-13(14-8-5-9-14)11(15)12-10-6-3-2-4-7-10/h3-4,6-7H,5,8-9H2,1H3,(H,12,15). The third kappa shape index (κ3) is 2.27. The first kappa shape index (κ1) is 9.98. The van der Waals surface area contributed by atoms with Gasteiger partial charge in [0.25, 0.3) is 0 Å². The van der Waals surface area contributed by atoms with Crippen molar-refractivity contribution in [3.63, 3.8) is 0 Å². The number of urea groups is 1. The normalized spacial score (nSPS) is 15.5. The zero-order chi connectivity index (χ0) is 10.7. The van der Waals surface area contributed by atoms with Crippen molar-refractivity contribution >= 4 is 11.7 Å². The number of carbonyl (C=O) groups is 1. The molecule has 1 fully saturated rings. The van der Waals surface area contributed by atoms with Gasteiger partial charge in [-0.25, -0.2) is 9.80 Å². The fourth-order valence-electron chi connectivity index (χ4n) is 1.40. The van der Waals surface area contributed by atoms with Crippen LogP contribution in [0.4, 0.5) is 10.5 Å². The molecule has 0 spiro atoms. The highest BCUT2D eigenvalue weighted by Crippen LogP contribution is 2.11. The summed E-state index contributed by atoms with van der Waals surface area (Å²) < 4.78 is 0. The van der Waals surface area contributed by atoms with Gasteiger partial charge < -0.3 is 5.32 Å². The molecule has 0 aliphatic carbocycles. The van der Waals surface area contributed by atoms with Crippen LogP contribution in [-0.4, -0.2) is 36.2 Å². The monoisotopic (exact) mass is 204 g/mol. The maximum atomic E-state index is 11.7. The Hall–Kier alpha value is -1.55. The number of nitrogens with one attached hydrogen (secondary N) is 1. The van der Waals surface area contributed by atoms with E-state index in [1.54, 1.807) is 24.2 Å². The zero-order valence-corrected chi connectivity index (χ0v) is 8.73. The van der Waals surface area contributed by atoms with Crippen molar-refractivity contribution in [2.45, 2.75) is 6.42 Å². The Morgan fingerprint density at radius 3 is 2.67 bits per heavy atom. The van der Waals surface area contributed by atoms with E-state index in [4.69, 9.17) is 0 Å². The molecule has 0 saturated carbocycles. The molecule has 1 saturated heterocycles. The fraction of sp³-hybridized carbons (Fsp3) is 0.364. The number of benzene rings is 1. The Bertz CT molecular complexity index is 335. The molecule has 2 rings (SSSR count). The topological polar surface area (TPSA) is 35.6 Å². The van der Waals surface area contributed by atoms with Gasteiger partial charge in [0.1, 0.15) is 0 Å². The molecule has 4 nitrogen and oxygen atoms in total. The largest absolute Gasteiger partial charge is 0.336 e. The molecule has 4 heteroatoms. The molecule has 0 unspecified atom stereocenters. The quantitative estimate of drug-likeness (QED) is 0.793. The predicted octanol–water partition coefficient (Wildman–Crippen LogP) is 1.57. The van der Waals surface area contributed by atoms with E-state index >= 15 is 0 Å². The van der Waals surface area contributed by atoms with Crippen LogP contribution in [0.25, 0.3) is 0 Å². The molecule has 15 heavy (non-hydrogen) atoms. The van der Waals surface area contributed by atoms with E-state index in [2.05, 4.69) is 11.4 Å². The molecule has 79 valence electrons. The maximum absolute atomic E-state index is 11.7. The number of carbonyl (C=O) groups excluding carboxylic acids is 1. The Kier molecular flexibility index (Phi) is 2.87.